The molecular weight excluding hydrogens is 256 g/mol. The fraction of sp³-hybridized carbons (Fsp3) is 0.214. The Morgan fingerprint density at radius 3 is 2.79 bits per heavy atom. The monoisotopic (exact) mass is 270 g/mol. The van der Waals surface area contributed by atoms with Gasteiger partial charge in [0.2, 0.25) is 0 Å². The first-order valence-corrected chi connectivity index (χ1v) is 7.05. The van der Waals surface area contributed by atoms with Gasteiger partial charge in [0.15, 0.2) is 0 Å². The summed E-state index contributed by atoms with van der Waals surface area (Å²) in [6.07, 6.45) is 10.4. The van der Waals surface area contributed by atoms with Crippen LogP contribution in [-0.2, 0) is 0 Å². The maximum absolute atomic E-state index is 4.50. The van der Waals surface area contributed by atoms with Crippen LogP contribution in [0.5, 0.6) is 0 Å². The van der Waals surface area contributed by atoms with E-state index in [0.29, 0.717) is 5.92 Å². The van der Waals surface area contributed by atoms with Crippen molar-refractivity contribution in [3.8, 4) is 10.6 Å². The van der Waals surface area contributed by atoms with E-state index in [1.165, 1.54) is 10.4 Å². The van der Waals surface area contributed by atoms with Crippen LogP contribution in [0.4, 0.5) is 0 Å². The van der Waals surface area contributed by atoms with E-state index >= 15 is 0 Å². The fourth-order valence-electron chi connectivity index (χ4n) is 2.15. The van der Waals surface area contributed by atoms with E-state index in [1.54, 1.807) is 17.5 Å². The van der Waals surface area contributed by atoms with Crippen molar-refractivity contribution in [3.05, 3.63) is 53.6 Å². The molecule has 3 aromatic heterocycles. The summed E-state index contributed by atoms with van der Waals surface area (Å²) in [5, 5.41) is 7.80. The Balaban J connectivity index is 1.93. The van der Waals surface area contributed by atoms with E-state index in [0.717, 1.165) is 17.0 Å². The van der Waals surface area contributed by atoms with Gasteiger partial charge in [-0.2, -0.15) is 5.10 Å². The molecule has 0 fully saturated rings. The van der Waals surface area contributed by atoms with E-state index in [2.05, 4.69) is 39.2 Å². The number of aromatic nitrogens is 4. The molecule has 4 nitrogen and oxygen atoms in total. The lowest BCUT2D eigenvalue weighted by atomic mass is 9.96. The molecule has 3 heterocycles. The predicted octanol–water partition coefficient (Wildman–Crippen LogP) is 3.47. The van der Waals surface area contributed by atoms with Crippen LogP contribution in [0.15, 0.2) is 43.1 Å². The molecule has 0 spiro atoms. The van der Waals surface area contributed by atoms with Gasteiger partial charge in [0.05, 0.1) is 6.20 Å². The number of nitrogens with zero attached hydrogens (tertiary/aromatic N) is 3. The highest BCUT2D eigenvalue weighted by Gasteiger charge is 2.16. The van der Waals surface area contributed by atoms with Gasteiger partial charge in [-0.05, 0) is 24.1 Å². The topological polar surface area (TPSA) is 54.5 Å². The summed E-state index contributed by atoms with van der Waals surface area (Å²) in [4.78, 5) is 9.86. The first-order chi connectivity index (χ1) is 9.38. The minimum Gasteiger partial charge on any atom is -0.285 e. The van der Waals surface area contributed by atoms with Crippen LogP contribution in [0, 0.1) is 0 Å². The van der Waals surface area contributed by atoms with E-state index in [9.17, 15) is 0 Å². The highest BCUT2D eigenvalue weighted by atomic mass is 32.1. The molecule has 3 aromatic rings. The van der Waals surface area contributed by atoms with Crippen molar-refractivity contribution in [1.82, 2.24) is 20.2 Å². The van der Waals surface area contributed by atoms with Crippen molar-refractivity contribution >= 4 is 11.3 Å². The normalized spacial score (nSPS) is 12.5. The Hall–Kier alpha value is -2.01. The lowest BCUT2D eigenvalue weighted by Gasteiger charge is -2.12. The number of H-pyrrole nitrogens is 1. The van der Waals surface area contributed by atoms with Gasteiger partial charge in [0, 0.05) is 41.1 Å². The Bertz CT molecular complexity index is 631. The number of hydrogen-bond donors (Lipinski definition) is 1. The second-order valence-electron chi connectivity index (χ2n) is 4.30. The number of thiazole rings is 1. The maximum Gasteiger partial charge on any atom is 0.126 e. The molecule has 0 aliphatic heterocycles. The van der Waals surface area contributed by atoms with Crippen molar-refractivity contribution in [2.45, 2.75) is 19.3 Å². The van der Waals surface area contributed by atoms with E-state index in [1.807, 2.05) is 24.8 Å². The average molecular weight is 270 g/mol. The van der Waals surface area contributed by atoms with Crippen LogP contribution in [0.2, 0.25) is 0 Å². The van der Waals surface area contributed by atoms with Gasteiger partial charge >= 0.3 is 0 Å². The lowest BCUT2D eigenvalue weighted by Crippen LogP contribution is -1.96. The highest BCUT2D eigenvalue weighted by molar-refractivity contribution is 7.15. The van der Waals surface area contributed by atoms with Crippen LogP contribution < -0.4 is 0 Å². The quantitative estimate of drug-likeness (QED) is 0.789. The number of hydrogen-bond acceptors (Lipinski definition) is 4. The van der Waals surface area contributed by atoms with Gasteiger partial charge in [0.25, 0.3) is 0 Å². The zero-order chi connectivity index (χ0) is 13.1. The average Bonchev–Trinajstić information content (AvgIpc) is 3.11. The molecule has 96 valence electrons. The van der Waals surface area contributed by atoms with Crippen LogP contribution in [0.3, 0.4) is 0 Å². The molecule has 0 aliphatic rings. The summed E-state index contributed by atoms with van der Waals surface area (Å²) < 4.78 is 0. The number of nitrogens with one attached hydrogen (secondary N) is 1. The summed E-state index contributed by atoms with van der Waals surface area (Å²) in [5.74, 6) is 0.390. The molecule has 0 amide bonds. The second-order valence-corrected chi connectivity index (χ2v) is 5.36. The number of pyridine rings is 1. The van der Waals surface area contributed by atoms with Crippen molar-refractivity contribution in [3.63, 3.8) is 0 Å². The SMILES string of the molecule is CCC(c1ccncc1)c1cnc(-c2cn[nH]c2)s1. The van der Waals surface area contributed by atoms with Crippen molar-refractivity contribution in [2.24, 2.45) is 0 Å². The standard InChI is InChI=1S/C14H14N4S/c1-2-12(10-3-5-15-6-4-10)13-9-16-14(19-13)11-7-17-18-8-11/h3-9,12H,2H2,1H3,(H,17,18). The lowest BCUT2D eigenvalue weighted by molar-refractivity contribution is 0.788. The van der Waals surface area contributed by atoms with Crippen LogP contribution >= 0.6 is 11.3 Å². The van der Waals surface area contributed by atoms with Crippen LogP contribution in [0.1, 0.15) is 29.7 Å². The zero-order valence-corrected chi connectivity index (χ0v) is 11.4. The Kier molecular flexibility index (Phi) is 3.37. The van der Waals surface area contributed by atoms with Crippen LogP contribution in [0.25, 0.3) is 10.6 Å². The Morgan fingerprint density at radius 2 is 2.11 bits per heavy atom. The molecular formula is C14H14N4S. The molecule has 3 rings (SSSR count). The van der Waals surface area contributed by atoms with Crippen molar-refractivity contribution in [1.29, 1.82) is 0 Å². The third kappa shape index (κ3) is 2.42. The highest BCUT2D eigenvalue weighted by Crippen LogP contribution is 2.34. The summed E-state index contributed by atoms with van der Waals surface area (Å²) in [6, 6.07) is 4.15. The van der Waals surface area contributed by atoms with Crippen LogP contribution in [-0.4, -0.2) is 20.2 Å². The fourth-order valence-corrected chi connectivity index (χ4v) is 3.25. The van der Waals surface area contributed by atoms with E-state index in [4.69, 9.17) is 0 Å². The molecule has 0 aliphatic carbocycles. The van der Waals surface area contributed by atoms with Crippen molar-refractivity contribution < 1.29 is 0 Å². The molecule has 0 bridgehead atoms. The third-order valence-electron chi connectivity index (χ3n) is 3.13. The van der Waals surface area contributed by atoms with Gasteiger partial charge < -0.3 is 0 Å². The summed E-state index contributed by atoms with van der Waals surface area (Å²) in [6.45, 7) is 2.20. The van der Waals surface area contributed by atoms with Gasteiger partial charge in [-0.3, -0.25) is 10.1 Å². The zero-order valence-electron chi connectivity index (χ0n) is 10.6. The van der Waals surface area contributed by atoms with Gasteiger partial charge in [0.1, 0.15) is 5.01 Å². The molecule has 1 unspecified atom stereocenters. The summed E-state index contributed by atoms with van der Waals surface area (Å²) in [7, 11) is 0. The number of rotatable bonds is 4. The van der Waals surface area contributed by atoms with E-state index in [-0.39, 0.29) is 0 Å². The molecule has 0 saturated heterocycles. The van der Waals surface area contributed by atoms with Gasteiger partial charge in [-0.15, -0.1) is 11.3 Å². The Labute approximate surface area is 115 Å². The number of aromatic amines is 1. The molecule has 1 N–H and O–H groups in total. The molecule has 0 radical (unpaired) electrons. The third-order valence-corrected chi connectivity index (χ3v) is 4.29. The second kappa shape index (κ2) is 5.32. The van der Waals surface area contributed by atoms with Gasteiger partial charge in [-0.1, -0.05) is 6.92 Å². The smallest absolute Gasteiger partial charge is 0.126 e. The molecule has 1 atom stereocenters. The summed E-state index contributed by atoms with van der Waals surface area (Å²) in [5.41, 5.74) is 2.33. The first kappa shape index (κ1) is 12.0. The van der Waals surface area contributed by atoms with E-state index < -0.39 is 0 Å². The minimum atomic E-state index is 0.390. The van der Waals surface area contributed by atoms with Gasteiger partial charge in [-0.25, -0.2) is 4.98 Å². The Morgan fingerprint density at radius 1 is 1.26 bits per heavy atom. The molecule has 0 aromatic carbocycles. The predicted molar refractivity (Wildman–Crippen MR) is 76.1 cm³/mol. The summed E-state index contributed by atoms with van der Waals surface area (Å²) >= 11 is 1.73. The maximum atomic E-state index is 4.50. The largest absolute Gasteiger partial charge is 0.285 e. The molecule has 0 saturated carbocycles. The first-order valence-electron chi connectivity index (χ1n) is 6.23. The molecule has 5 heteroatoms. The van der Waals surface area contributed by atoms with Crippen molar-refractivity contribution in [2.75, 3.05) is 0 Å². The minimum absolute atomic E-state index is 0.390. The molecule has 19 heavy (non-hydrogen) atoms.